The second-order valence-corrected chi connectivity index (χ2v) is 11.8. The van der Waals surface area contributed by atoms with E-state index in [1.165, 1.54) is 12.1 Å². The number of nitrogens with zero attached hydrogens (tertiary/aromatic N) is 1. The number of benzene rings is 1. The van der Waals surface area contributed by atoms with E-state index in [9.17, 15) is 19.5 Å². The molecule has 0 aliphatic heterocycles. The number of aromatic hydroxyl groups is 1. The minimum absolute atomic E-state index is 0.00907. The third kappa shape index (κ3) is 11.4. The van der Waals surface area contributed by atoms with Crippen molar-refractivity contribution in [2.24, 2.45) is 5.92 Å². The maximum Gasteiger partial charge on any atom is 0.408 e. The molecule has 3 N–H and O–H groups in total. The fourth-order valence-corrected chi connectivity index (χ4v) is 3.98. The van der Waals surface area contributed by atoms with Crippen molar-refractivity contribution >= 4 is 17.9 Å². The Labute approximate surface area is 223 Å². The van der Waals surface area contributed by atoms with Crippen molar-refractivity contribution in [3.63, 3.8) is 0 Å². The molecule has 3 unspecified atom stereocenters. The van der Waals surface area contributed by atoms with E-state index in [2.05, 4.69) is 17.6 Å². The number of hydrogen-bond donors (Lipinski definition) is 3. The van der Waals surface area contributed by atoms with Crippen molar-refractivity contribution in [3.8, 4) is 5.75 Å². The molecule has 1 rings (SSSR count). The minimum Gasteiger partial charge on any atom is -0.508 e. The van der Waals surface area contributed by atoms with Gasteiger partial charge in [0.1, 0.15) is 23.4 Å². The lowest BCUT2D eigenvalue weighted by Gasteiger charge is -2.37. The summed E-state index contributed by atoms with van der Waals surface area (Å²) in [6, 6.07) is 4.58. The number of phenolic OH excluding ortho intramolecular Hbond substituents is 1. The van der Waals surface area contributed by atoms with Crippen LogP contribution in [0.3, 0.4) is 0 Å². The van der Waals surface area contributed by atoms with Crippen LogP contribution in [0.15, 0.2) is 24.3 Å². The van der Waals surface area contributed by atoms with Crippen molar-refractivity contribution in [1.29, 1.82) is 0 Å². The molecule has 0 bridgehead atoms. The van der Waals surface area contributed by atoms with Crippen molar-refractivity contribution in [2.45, 2.75) is 118 Å². The van der Waals surface area contributed by atoms with Gasteiger partial charge in [0.05, 0.1) is 0 Å². The van der Waals surface area contributed by atoms with E-state index in [1.54, 1.807) is 37.8 Å². The minimum atomic E-state index is -0.979. The average molecular weight is 520 g/mol. The molecule has 0 spiro atoms. The number of alkyl carbamates (subject to hydrolysis) is 1. The smallest absolute Gasteiger partial charge is 0.408 e. The van der Waals surface area contributed by atoms with Gasteiger partial charge in [-0.25, -0.2) is 4.79 Å². The molecule has 3 amide bonds. The summed E-state index contributed by atoms with van der Waals surface area (Å²) in [7, 11) is 0. The van der Waals surface area contributed by atoms with Gasteiger partial charge in [-0.3, -0.25) is 9.59 Å². The molecule has 0 saturated carbocycles. The second kappa shape index (κ2) is 14.2. The van der Waals surface area contributed by atoms with Gasteiger partial charge in [-0.2, -0.15) is 0 Å². The third-order valence-corrected chi connectivity index (χ3v) is 5.93. The largest absolute Gasteiger partial charge is 0.508 e. The van der Waals surface area contributed by atoms with Gasteiger partial charge in [-0.1, -0.05) is 58.6 Å². The van der Waals surface area contributed by atoms with Crippen LogP contribution in [-0.4, -0.2) is 51.6 Å². The van der Waals surface area contributed by atoms with Crippen LogP contribution >= 0.6 is 0 Å². The standard InChI is InChI=1S/C29H49N3O5/c1-10-12-13-14-18-32(26(35)23(20(3)11-2)30-27(36)37-29(7,8)9)24(25(34)31-28(4,5)6)21-16-15-17-22(33)19-21/h15-17,19-20,23-24,33H,10-14,18H2,1-9H3,(H,30,36)(H,31,34). The van der Waals surface area contributed by atoms with Crippen LogP contribution in [0.1, 0.15) is 106 Å². The molecule has 3 atom stereocenters. The van der Waals surface area contributed by atoms with E-state index in [0.29, 0.717) is 24.9 Å². The van der Waals surface area contributed by atoms with E-state index in [-0.39, 0.29) is 23.5 Å². The number of phenols is 1. The Morgan fingerprint density at radius 3 is 2.19 bits per heavy atom. The van der Waals surface area contributed by atoms with Crippen molar-refractivity contribution in [2.75, 3.05) is 6.54 Å². The average Bonchev–Trinajstić information content (AvgIpc) is 2.76. The monoisotopic (exact) mass is 519 g/mol. The molecule has 0 heterocycles. The number of carbonyl (C=O) groups excluding carboxylic acids is 3. The number of carbonyl (C=O) groups is 3. The molecule has 1 aromatic carbocycles. The Bertz CT molecular complexity index is 888. The Balaban J connectivity index is 3.54. The maximum atomic E-state index is 14.2. The van der Waals surface area contributed by atoms with Crippen LogP contribution in [0, 0.1) is 5.92 Å². The molecular weight excluding hydrogens is 470 g/mol. The van der Waals surface area contributed by atoms with E-state index < -0.39 is 29.3 Å². The summed E-state index contributed by atoms with van der Waals surface area (Å²) in [5.74, 6) is -0.889. The first-order chi connectivity index (χ1) is 17.1. The van der Waals surface area contributed by atoms with Gasteiger partial charge in [0.25, 0.3) is 0 Å². The fourth-order valence-electron chi connectivity index (χ4n) is 3.98. The lowest BCUT2D eigenvalue weighted by Crippen LogP contribution is -2.56. The molecular formula is C29H49N3O5. The van der Waals surface area contributed by atoms with Crippen molar-refractivity contribution < 1.29 is 24.2 Å². The number of rotatable bonds is 12. The van der Waals surface area contributed by atoms with E-state index in [0.717, 1.165) is 19.3 Å². The molecule has 0 aliphatic rings. The SMILES string of the molecule is CCCCCCN(C(=O)C(NC(=O)OC(C)(C)C)C(C)CC)C(C(=O)NC(C)(C)C)c1cccc(O)c1. The normalized spacial score (nSPS) is 14.3. The lowest BCUT2D eigenvalue weighted by atomic mass is 9.95. The molecule has 0 aromatic heterocycles. The topological polar surface area (TPSA) is 108 Å². The number of unbranched alkanes of at least 4 members (excludes halogenated alkanes) is 3. The number of ether oxygens (including phenoxy) is 1. The van der Waals surface area contributed by atoms with Crippen LogP contribution in [0.2, 0.25) is 0 Å². The molecule has 210 valence electrons. The van der Waals surface area contributed by atoms with Crippen LogP contribution in [0.5, 0.6) is 5.75 Å². The zero-order valence-electron chi connectivity index (χ0n) is 24.3. The summed E-state index contributed by atoms with van der Waals surface area (Å²) < 4.78 is 5.45. The molecule has 37 heavy (non-hydrogen) atoms. The van der Waals surface area contributed by atoms with Crippen molar-refractivity contribution in [1.82, 2.24) is 15.5 Å². The lowest BCUT2D eigenvalue weighted by molar-refractivity contribution is -0.144. The highest BCUT2D eigenvalue weighted by molar-refractivity contribution is 5.92. The first-order valence-electron chi connectivity index (χ1n) is 13.5. The highest BCUT2D eigenvalue weighted by Gasteiger charge is 2.38. The van der Waals surface area contributed by atoms with Gasteiger partial charge in [0, 0.05) is 12.1 Å². The predicted molar refractivity (Wildman–Crippen MR) is 147 cm³/mol. The highest BCUT2D eigenvalue weighted by atomic mass is 16.6. The molecule has 0 radical (unpaired) electrons. The summed E-state index contributed by atoms with van der Waals surface area (Å²) in [6.45, 7) is 17.2. The van der Waals surface area contributed by atoms with Crippen LogP contribution in [0.25, 0.3) is 0 Å². The zero-order valence-corrected chi connectivity index (χ0v) is 24.3. The zero-order chi connectivity index (χ0) is 28.4. The van der Waals surface area contributed by atoms with Gasteiger partial charge in [0.2, 0.25) is 11.8 Å². The van der Waals surface area contributed by atoms with Crippen LogP contribution in [-0.2, 0) is 14.3 Å². The van der Waals surface area contributed by atoms with E-state index >= 15 is 0 Å². The maximum absolute atomic E-state index is 14.2. The van der Waals surface area contributed by atoms with Gasteiger partial charge in [-0.05, 0) is 71.6 Å². The molecule has 8 heteroatoms. The summed E-state index contributed by atoms with van der Waals surface area (Å²) in [5, 5.41) is 16.0. The Morgan fingerprint density at radius 1 is 1.03 bits per heavy atom. The first-order valence-corrected chi connectivity index (χ1v) is 13.5. The highest BCUT2D eigenvalue weighted by Crippen LogP contribution is 2.28. The van der Waals surface area contributed by atoms with Gasteiger partial charge >= 0.3 is 6.09 Å². The second-order valence-electron chi connectivity index (χ2n) is 11.8. The Hall–Kier alpha value is -2.77. The molecule has 0 aliphatic carbocycles. The Kier molecular flexibility index (Phi) is 12.4. The number of amides is 3. The third-order valence-electron chi connectivity index (χ3n) is 5.93. The fraction of sp³-hybridized carbons (Fsp3) is 0.690. The number of nitrogens with one attached hydrogen (secondary N) is 2. The summed E-state index contributed by atoms with van der Waals surface area (Å²) >= 11 is 0. The Morgan fingerprint density at radius 2 is 1.68 bits per heavy atom. The van der Waals surface area contributed by atoms with Crippen LogP contribution in [0.4, 0.5) is 4.79 Å². The van der Waals surface area contributed by atoms with Gasteiger partial charge in [0.15, 0.2) is 0 Å². The quantitative estimate of drug-likeness (QED) is 0.307. The summed E-state index contributed by atoms with van der Waals surface area (Å²) in [4.78, 5) is 42.1. The predicted octanol–water partition coefficient (Wildman–Crippen LogP) is 5.70. The van der Waals surface area contributed by atoms with Gasteiger partial charge < -0.3 is 25.4 Å². The van der Waals surface area contributed by atoms with E-state index in [4.69, 9.17) is 4.74 Å². The van der Waals surface area contributed by atoms with Crippen molar-refractivity contribution in [3.05, 3.63) is 29.8 Å². The molecule has 8 nitrogen and oxygen atoms in total. The van der Waals surface area contributed by atoms with Gasteiger partial charge in [-0.15, -0.1) is 0 Å². The summed E-state index contributed by atoms with van der Waals surface area (Å²) in [5.41, 5.74) is -0.747. The number of hydrogen-bond acceptors (Lipinski definition) is 5. The summed E-state index contributed by atoms with van der Waals surface area (Å²) in [6.07, 6.45) is 3.62. The first kappa shape index (κ1) is 32.3. The van der Waals surface area contributed by atoms with E-state index in [1.807, 2.05) is 34.6 Å². The molecule has 0 fully saturated rings. The molecule has 1 aromatic rings. The molecule has 0 saturated heterocycles. The van der Waals surface area contributed by atoms with Crippen LogP contribution < -0.4 is 10.6 Å².